The first kappa shape index (κ1) is 22.3. The van der Waals surface area contributed by atoms with Crippen LogP contribution in [0.1, 0.15) is 22.3 Å². The van der Waals surface area contributed by atoms with Crippen LogP contribution in [0.15, 0.2) is 109 Å². The molecule has 0 atom stereocenters. The van der Waals surface area contributed by atoms with Gasteiger partial charge in [-0.1, -0.05) is 108 Å². The zero-order valence-electron chi connectivity index (χ0n) is 19.1. The van der Waals surface area contributed by atoms with Crippen LogP contribution in [0.4, 0.5) is 0 Å². The average molecular weight is 497 g/mol. The highest BCUT2D eigenvalue weighted by Crippen LogP contribution is 2.41. The van der Waals surface area contributed by atoms with Crippen LogP contribution in [0.5, 0.6) is 0 Å². The second kappa shape index (κ2) is 9.45. The van der Waals surface area contributed by atoms with Crippen LogP contribution in [0, 0.1) is 23.7 Å². The van der Waals surface area contributed by atoms with E-state index in [0.29, 0.717) is 10.0 Å². The van der Waals surface area contributed by atoms with Gasteiger partial charge in [0.1, 0.15) is 0 Å². The molecule has 2 heteroatoms. The molecule has 0 nitrogen and oxygen atoms in total. The van der Waals surface area contributed by atoms with Crippen molar-refractivity contribution in [3.63, 3.8) is 0 Å². The number of halogens is 2. The summed E-state index contributed by atoms with van der Waals surface area (Å²) in [5, 5.41) is 7.13. The number of hydrogen-bond acceptors (Lipinski definition) is 0. The van der Waals surface area contributed by atoms with Crippen LogP contribution in [0.2, 0.25) is 10.0 Å². The standard InChI is InChI=1S/C34H18Cl2/c35-31-19-20-32(36)34-28(18-16-24-11-5-2-6-12-24)30-22-26-14-8-7-13-25(26)21-29(30)27(33(31)34)17-15-23-9-3-1-4-10-23/h1-14,19-22H. The molecular formula is C34H18Cl2. The lowest BCUT2D eigenvalue weighted by Gasteiger charge is -2.14. The molecule has 0 radical (unpaired) electrons. The molecule has 6 aromatic rings. The van der Waals surface area contributed by atoms with Crippen molar-refractivity contribution >= 4 is 55.5 Å². The van der Waals surface area contributed by atoms with Crippen LogP contribution >= 0.6 is 23.2 Å². The molecule has 36 heavy (non-hydrogen) atoms. The minimum Gasteiger partial charge on any atom is -0.0836 e. The van der Waals surface area contributed by atoms with Crippen molar-refractivity contribution in [2.45, 2.75) is 0 Å². The predicted molar refractivity (Wildman–Crippen MR) is 154 cm³/mol. The molecule has 168 valence electrons. The topological polar surface area (TPSA) is 0 Å². The third kappa shape index (κ3) is 4.08. The lowest BCUT2D eigenvalue weighted by molar-refractivity contribution is 1.64. The predicted octanol–water partition coefficient (Wildman–Crippen LogP) is 9.25. The van der Waals surface area contributed by atoms with Gasteiger partial charge in [-0.15, -0.1) is 0 Å². The molecule has 0 spiro atoms. The second-order valence-electron chi connectivity index (χ2n) is 8.51. The van der Waals surface area contributed by atoms with E-state index in [1.54, 1.807) is 0 Å². The number of rotatable bonds is 0. The van der Waals surface area contributed by atoms with Gasteiger partial charge in [0.05, 0.1) is 0 Å². The van der Waals surface area contributed by atoms with Crippen LogP contribution in [0.25, 0.3) is 32.3 Å². The van der Waals surface area contributed by atoms with Gasteiger partial charge in [-0.25, -0.2) is 0 Å². The number of fused-ring (bicyclic) bond motifs is 3. The van der Waals surface area contributed by atoms with E-state index in [1.165, 1.54) is 0 Å². The maximum Gasteiger partial charge on any atom is 0.0498 e. The van der Waals surface area contributed by atoms with Crippen molar-refractivity contribution in [2.24, 2.45) is 0 Å². The number of hydrogen-bond donors (Lipinski definition) is 0. The molecule has 0 aliphatic heterocycles. The summed E-state index contributed by atoms with van der Waals surface area (Å²) >= 11 is 13.7. The van der Waals surface area contributed by atoms with Gasteiger partial charge in [-0.2, -0.15) is 0 Å². The van der Waals surface area contributed by atoms with Gasteiger partial charge in [-0.05, 0) is 70.1 Å². The Morgan fingerprint density at radius 3 is 1.22 bits per heavy atom. The summed E-state index contributed by atoms with van der Waals surface area (Å²) in [7, 11) is 0. The summed E-state index contributed by atoms with van der Waals surface area (Å²) in [4.78, 5) is 0. The zero-order valence-corrected chi connectivity index (χ0v) is 20.7. The van der Waals surface area contributed by atoms with E-state index in [4.69, 9.17) is 23.2 Å². The highest BCUT2D eigenvalue weighted by Gasteiger charge is 2.18. The first-order chi connectivity index (χ1) is 17.7. The van der Waals surface area contributed by atoms with Gasteiger partial charge in [0.2, 0.25) is 0 Å². The van der Waals surface area contributed by atoms with Crippen LogP contribution in [0.3, 0.4) is 0 Å². The highest BCUT2D eigenvalue weighted by molar-refractivity contribution is 6.42. The Morgan fingerprint density at radius 2 is 0.806 bits per heavy atom. The highest BCUT2D eigenvalue weighted by atomic mass is 35.5. The van der Waals surface area contributed by atoms with E-state index in [9.17, 15) is 0 Å². The van der Waals surface area contributed by atoms with Crippen LogP contribution < -0.4 is 0 Å². The molecule has 0 aromatic heterocycles. The van der Waals surface area contributed by atoms with Gasteiger partial charge < -0.3 is 0 Å². The molecular weight excluding hydrogens is 479 g/mol. The molecule has 6 aromatic carbocycles. The Bertz CT molecular complexity index is 1760. The van der Waals surface area contributed by atoms with E-state index in [-0.39, 0.29) is 0 Å². The van der Waals surface area contributed by atoms with E-state index in [2.05, 4.69) is 47.9 Å². The van der Waals surface area contributed by atoms with Crippen LogP contribution in [-0.4, -0.2) is 0 Å². The molecule has 0 aliphatic carbocycles. The third-order valence-electron chi connectivity index (χ3n) is 6.24. The average Bonchev–Trinajstić information content (AvgIpc) is 2.92. The molecule has 0 fully saturated rings. The molecule has 6 rings (SSSR count). The fourth-order valence-corrected chi connectivity index (χ4v) is 5.04. The largest absolute Gasteiger partial charge is 0.0836 e. The van der Waals surface area contributed by atoms with Crippen molar-refractivity contribution in [1.29, 1.82) is 0 Å². The van der Waals surface area contributed by atoms with Crippen molar-refractivity contribution in [3.05, 3.63) is 141 Å². The summed E-state index contributed by atoms with van der Waals surface area (Å²) in [5.41, 5.74) is 3.58. The molecule has 0 bridgehead atoms. The molecule has 0 heterocycles. The maximum absolute atomic E-state index is 6.85. The lowest BCUT2D eigenvalue weighted by atomic mass is 9.90. The van der Waals surface area contributed by atoms with E-state index >= 15 is 0 Å². The molecule has 0 saturated heterocycles. The zero-order chi connectivity index (χ0) is 24.5. The van der Waals surface area contributed by atoms with Gasteiger partial charge in [0.15, 0.2) is 0 Å². The summed E-state index contributed by atoms with van der Waals surface area (Å²) < 4.78 is 0. The van der Waals surface area contributed by atoms with Gasteiger partial charge >= 0.3 is 0 Å². The van der Waals surface area contributed by atoms with E-state index in [0.717, 1.165) is 54.6 Å². The Labute approximate surface area is 220 Å². The molecule has 0 aliphatic rings. The van der Waals surface area contributed by atoms with Crippen molar-refractivity contribution < 1.29 is 0 Å². The van der Waals surface area contributed by atoms with Crippen molar-refractivity contribution in [2.75, 3.05) is 0 Å². The van der Waals surface area contributed by atoms with Crippen molar-refractivity contribution in [3.8, 4) is 23.7 Å². The quantitative estimate of drug-likeness (QED) is 0.145. The van der Waals surface area contributed by atoms with E-state index in [1.807, 2.05) is 84.9 Å². The summed E-state index contributed by atoms with van der Waals surface area (Å²) in [6, 6.07) is 36.3. The smallest absolute Gasteiger partial charge is 0.0498 e. The Hall–Kier alpha value is -4.20. The minimum atomic E-state index is 0.601. The fraction of sp³-hybridized carbons (Fsp3) is 0. The van der Waals surface area contributed by atoms with Crippen molar-refractivity contribution in [1.82, 2.24) is 0 Å². The Morgan fingerprint density at radius 1 is 0.417 bits per heavy atom. The summed E-state index contributed by atoms with van der Waals surface area (Å²) in [6.45, 7) is 0. The molecule has 0 N–H and O–H groups in total. The Kier molecular flexibility index (Phi) is 5.85. The van der Waals surface area contributed by atoms with Gasteiger partial charge in [-0.3, -0.25) is 0 Å². The lowest BCUT2D eigenvalue weighted by Crippen LogP contribution is -1.93. The monoisotopic (exact) mass is 496 g/mol. The number of benzene rings is 6. The molecule has 0 unspecified atom stereocenters. The third-order valence-corrected chi connectivity index (χ3v) is 6.87. The molecule has 0 amide bonds. The SMILES string of the molecule is Clc1ccc(Cl)c2c(C#Cc3ccccc3)c3cc4ccccc4cc3c(C#Cc3ccccc3)c12. The maximum atomic E-state index is 6.85. The second-order valence-corrected chi connectivity index (χ2v) is 9.32. The van der Waals surface area contributed by atoms with Gasteiger partial charge in [0, 0.05) is 43.1 Å². The summed E-state index contributed by atoms with van der Waals surface area (Å²) in [5.74, 6) is 13.5. The van der Waals surface area contributed by atoms with Gasteiger partial charge in [0.25, 0.3) is 0 Å². The molecule has 0 saturated carbocycles. The first-order valence-electron chi connectivity index (χ1n) is 11.6. The first-order valence-corrected chi connectivity index (χ1v) is 12.3. The minimum absolute atomic E-state index is 0.601. The Balaban J connectivity index is 1.78. The van der Waals surface area contributed by atoms with E-state index < -0.39 is 0 Å². The summed E-state index contributed by atoms with van der Waals surface area (Å²) in [6.07, 6.45) is 0. The normalized spacial score (nSPS) is 10.6. The van der Waals surface area contributed by atoms with Crippen LogP contribution in [-0.2, 0) is 0 Å². The fourth-order valence-electron chi connectivity index (χ4n) is 4.54.